The maximum atomic E-state index is 11.4. The van der Waals surface area contributed by atoms with Gasteiger partial charge in [0.05, 0.1) is 0 Å². The Morgan fingerprint density at radius 3 is 2.77 bits per heavy atom. The van der Waals surface area contributed by atoms with Crippen molar-refractivity contribution in [3.05, 3.63) is 0 Å². The first-order valence-corrected chi connectivity index (χ1v) is 5.29. The Hall–Kier alpha value is -0.610. The third-order valence-electron chi connectivity index (χ3n) is 2.99. The van der Waals surface area contributed by atoms with Gasteiger partial charge in [-0.3, -0.25) is 9.69 Å². The van der Waals surface area contributed by atoms with Gasteiger partial charge >= 0.3 is 0 Å². The molecular formula is C9H19N3O+2. The van der Waals surface area contributed by atoms with Gasteiger partial charge in [0.15, 0.2) is 6.67 Å². The van der Waals surface area contributed by atoms with Crippen LogP contribution in [-0.4, -0.2) is 50.2 Å². The van der Waals surface area contributed by atoms with Crippen LogP contribution in [0.5, 0.6) is 0 Å². The fraction of sp³-hybridized carbons (Fsp3) is 0.889. The first-order chi connectivity index (χ1) is 6.36. The van der Waals surface area contributed by atoms with Gasteiger partial charge in [0.25, 0.3) is 0 Å². The number of carbonyl (C=O) groups is 1. The van der Waals surface area contributed by atoms with E-state index >= 15 is 0 Å². The molecule has 4 nitrogen and oxygen atoms in total. The highest BCUT2D eigenvalue weighted by atomic mass is 16.2. The van der Waals surface area contributed by atoms with E-state index in [0.717, 1.165) is 26.1 Å². The Morgan fingerprint density at radius 2 is 2.15 bits per heavy atom. The molecule has 0 radical (unpaired) electrons. The Bertz CT molecular complexity index is 189. The number of nitrogens with two attached hydrogens (primary N) is 1. The monoisotopic (exact) mass is 185 g/mol. The van der Waals surface area contributed by atoms with E-state index in [-0.39, 0.29) is 0 Å². The molecule has 13 heavy (non-hydrogen) atoms. The van der Waals surface area contributed by atoms with Crippen LogP contribution in [-0.2, 0) is 4.79 Å². The summed E-state index contributed by atoms with van der Waals surface area (Å²) in [5, 5.41) is 2.36. The van der Waals surface area contributed by atoms with E-state index < -0.39 is 0 Å². The molecule has 0 unspecified atom stereocenters. The minimum Gasteiger partial charge on any atom is -0.337 e. The first kappa shape index (κ1) is 8.97. The fourth-order valence-electron chi connectivity index (χ4n) is 2.18. The molecule has 2 heterocycles. The zero-order valence-electron chi connectivity index (χ0n) is 8.09. The van der Waals surface area contributed by atoms with Gasteiger partial charge in [-0.2, -0.15) is 0 Å². The van der Waals surface area contributed by atoms with E-state index in [9.17, 15) is 4.79 Å². The van der Waals surface area contributed by atoms with Crippen LogP contribution in [0.3, 0.4) is 0 Å². The van der Waals surface area contributed by atoms with E-state index in [4.69, 9.17) is 0 Å². The SMILES string of the molecule is O=C1CCCN1C[NH+]1CC[NH2+]CC1. The van der Waals surface area contributed by atoms with Crippen molar-refractivity contribution >= 4 is 5.91 Å². The summed E-state index contributed by atoms with van der Waals surface area (Å²) in [4.78, 5) is 15.0. The van der Waals surface area contributed by atoms with E-state index in [1.165, 1.54) is 26.2 Å². The van der Waals surface area contributed by atoms with Gasteiger partial charge in [0.1, 0.15) is 26.2 Å². The van der Waals surface area contributed by atoms with Crippen LogP contribution in [0.4, 0.5) is 0 Å². The molecule has 3 N–H and O–H groups in total. The predicted octanol–water partition coefficient (Wildman–Crippen LogP) is -2.97. The Balaban J connectivity index is 1.79. The van der Waals surface area contributed by atoms with Crippen LogP contribution >= 0.6 is 0 Å². The van der Waals surface area contributed by atoms with Gasteiger partial charge in [-0.15, -0.1) is 0 Å². The van der Waals surface area contributed by atoms with E-state index in [1.807, 2.05) is 4.90 Å². The van der Waals surface area contributed by atoms with Gasteiger partial charge < -0.3 is 10.2 Å². The molecule has 2 rings (SSSR count). The second kappa shape index (κ2) is 4.07. The average molecular weight is 185 g/mol. The normalized spacial score (nSPS) is 25.5. The van der Waals surface area contributed by atoms with Crippen LogP contribution in [0.25, 0.3) is 0 Å². The van der Waals surface area contributed by atoms with Crippen molar-refractivity contribution in [3.63, 3.8) is 0 Å². The van der Waals surface area contributed by atoms with Gasteiger partial charge in [0, 0.05) is 13.0 Å². The second-order valence-electron chi connectivity index (χ2n) is 4.03. The molecule has 0 aromatic rings. The number of likely N-dealkylation sites (tertiary alicyclic amines) is 1. The Morgan fingerprint density at radius 1 is 1.38 bits per heavy atom. The van der Waals surface area contributed by atoms with Crippen molar-refractivity contribution in [1.29, 1.82) is 0 Å². The molecule has 0 aliphatic carbocycles. The molecule has 0 saturated carbocycles. The molecule has 74 valence electrons. The van der Waals surface area contributed by atoms with E-state index in [0.29, 0.717) is 5.91 Å². The standard InChI is InChI=1S/C9H17N3O/c13-9-2-1-5-12(9)8-11-6-3-10-4-7-11/h10H,1-8H2/p+2. The topological polar surface area (TPSA) is 41.4 Å². The van der Waals surface area contributed by atoms with Crippen LogP contribution in [0, 0.1) is 0 Å². The minimum absolute atomic E-state index is 0.363. The highest BCUT2D eigenvalue weighted by molar-refractivity contribution is 5.77. The summed E-state index contributed by atoms with van der Waals surface area (Å²) in [6.07, 6.45) is 1.84. The number of quaternary nitrogens is 2. The Kier molecular flexibility index (Phi) is 2.80. The summed E-state index contributed by atoms with van der Waals surface area (Å²) in [6.45, 7) is 6.81. The molecule has 4 heteroatoms. The second-order valence-corrected chi connectivity index (χ2v) is 4.03. The molecule has 0 bridgehead atoms. The molecule has 0 aromatic heterocycles. The van der Waals surface area contributed by atoms with Crippen LogP contribution in [0.1, 0.15) is 12.8 Å². The molecule has 0 spiro atoms. The Labute approximate surface area is 78.9 Å². The van der Waals surface area contributed by atoms with Gasteiger partial charge in [0.2, 0.25) is 5.91 Å². The van der Waals surface area contributed by atoms with E-state index in [2.05, 4.69) is 5.32 Å². The number of amides is 1. The number of piperazine rings is 1. The molecule has 0 atom stereocenters. The van der Waals surface area contributed by atoms with Crippen LogP contribution in [0.2, 0.25) is 0 Å². The lowest BCUT2D eigenvalue weighted by Crippen LogP contribution is -3.21. The van der Waals surface area contributed by atoms with Crippen molar-refractivity contribution in [2.24, 2.45) is 0 Å². The number of rotatable bonds is 2. The number of hydrogen-bond donors (Lipinski definition) is 2. The molecule has 2 saturated heterocycles. The highest BCUT2D eigenvalue weighted by Crippen LogP contribution is 2.06. The number of nitrogens with one attached hydrogen (secondary N) is 1. The first-order valence-electron chi connectivity index (χ1n) is 5.29. The van der Waals surface area contributed by atoms with Crippen molar-refractivity contribution in [3.8, 4) is 0 Å². The fourth-order valence-corrected chi connectivity index (χ4v) is 2.18. The van der Waals surface area contributed by atoms with Crippen LogP contribution < -0.4 is 10.2 Å². The van der Waals surface area contributed by atoms with Crippen molar-refractivity contribution in [2.75, 3.05) is 39.4 Å². The molecule has 0 aromatic carbocycles. The lowest BCUT2D eigenvalue weighted by Gasteiger charge is -2.26. The van der Waals surface area contributed by atoms with Crippen molar-refractivity contribution < 1.29 is 15.0 Å². The van der Waals surface area contributed by atoms with E-state index in [1.54, 1.807) is 4.90 Å². The van der Waals surface area contributed by atoms with Gasteiger partial charge in [-0.05, 0) is 6.42 Å². The summed E-state index contributed by atoms with van der Waals surface area (Å²) >= 11 is 0. The number of nitrogens with zero attached hydrogens (tertiary/aromatic N) is 1. The summed E-state index contributed by atoms with van der Waals surface area (Å²) < 4.78 is 0. The number of hydrogen-bond acceptors (Lipinski definition) is 1. The maximum Gasteiger partial charge on any atom is 0.226 e. The van der Waals surface area contributed by atoms with Crippen LogP contribution in [0.15, 0.2) is 0 Å². The average Bonchev–Trinajstić information content (AvgIpc) is 2.54. The molecule has 2 aliphatic rings. The van der Waals surface area contributed by atoms with Gasteiger partial charge in [-0.25, -0.2) is 0 Å². The zero-order valence-corrected chi connectivity index (χ0v) is 8.09. The summed E-state index contributed by atoms with van der Waals surface area (Å²) in [5.74, 6) is 0.363. The lowest BCUT2D eigenvalue weighted by molar-refractivity contribution is -0.953. The molecule has 2 fully saturated rings. The number of carbonyl (C=O) groups excluding carboxylic acids is 1. The maximum absolute atomic E-state index is 11.4. The molecule has 2 aliphatic heterocycles. The van der Waals surface area contributed by atoms with Crippen molar-refractivity contribution in [1.82, 2.24) is 4.90 Å². The zero-order chi connectivity index (χ0) is 9.10. The predicted molar refractivity (Wildman–Crippen MR) is 48.2 cm³/mol. The largest absolute Gasteiger partial charge is 0.337 e. The highest BCUT2D eigenvalue weighted by Gasteiger charge is 2.25. The third kappa shape index (κ3) is 2.19. The quantitative estimate of drug-likeness (QED) is 0.474. The minimum atomic E-state index is 0.363. The lowest BCUT2D eigenvalue weighted by atomic mass is 10.4. The van der Waals surface area contributed by atoms with Crippen molar-refractivity contribution in [2.45, 2.75) is 12.8 Å². The molecular weight excluding hydrogens is 166 g/mol. The molecule has 1 amide bonds. The summed E-state index contributed by atoms with van der Waals surface area (Å²) in [7, 11) is 0. The van der Waals surface area contributed by atoms with Gasteiger partial charge in [-0.1, -0.05) is 0 Å². The summed E-state index contributed by atoms with van der Waals surface area (Å²) in [5.41, 5.74) is 0. The third-order valence-corrected chi connectivity index (χ3v) is 2.99. The smallest absolute Gasteiger partial charge is 0.226 e. The summed E-state index contributed by atoms with van der Waals surface area (Å²) in [6, 6.07) is 0.